The predicted octanol–water partition coefficient (Wildman–Crippen LogP) is 2.30. The Morgan fingerprint density at radius 1 is 0.778 bits per heavy atom. The van der Waals surface area contributed by atoms with E-state index in [0.29, 0.717) is 24.3 Å². The van der Waals surface area contributed by atoms with Crippen LogP contribution in [0.15, 0.2) is 36.4 Å². The number of carbonyl (C=O) groups is 2. The van der Waals surface area contributed by atoms with E-state index in [0.717, 1.165) is 11.1 Å². The van der Waals surface area contributed by atoms with E-state index in [-0.39, 0.29) is 37.6 Å². The largest absolute Gasteiger partial charge is 0.504 e. The van der Waals surface area contributed by atoms with E-state index in [1.54, 1.807) is 24.3 Å². The molecule has 10 heteroatoms. The molecule has 0 spiro atoms. The molecule has 0 radical (unpaired) electrons. The predicted molar refractivity (Wildman–Crippen MR) is 125 cm³/mol. The van der Waals surface area contributed by atoms with Gasteiger partial charge in [0.1, 0.15) is 12.2 Å². The number of rotatable bonds is 10. The molecule has 4 rings (SSSR count). The van der Waals surface area contributed by atoms with Gasteiger partial charge in [0.05, 0.1) is 27.4 Å². The van der Waals surface area contributed by atoms with Crippen molar-refractivity contribution in [3.63, 3.8) is 0 Å². The molecule has 0 saturated carbocycles. The van der Waals surface area contributed by atoms with Crippen LogP contribution in [0.25, 0.3) is 0 Å². The minimum Gasteiger partial charge on any atom is -0.504 e. The van der Waals surface area contributed by atoms with Crippen LogP contribution >= 0.6 is 0 Å². The van der Waals surface area contributed by atoms with Crippen LogP contribution in [-0.4, -0.2) is 74.0 Å². The van der Waals surface area contributed by atoms with E-state index < -0.39 is 36.4 Å². The fourth-order valence-corrected chi connectivity index (χ4v) is 4.33. The van der Waals surface area contributed by atoms with Crippen LogP contribution in [-0.2, 0) is 41.4 Å². The number of aromatic hydroxyl groups is 2. The molecule has 2 heterocycles. The molecule has 0 aromatic heterocycles. The first kappa shape index (κ1) is 25.6. The molecule has 2 aliphatic rings. The van der Waals surface area contributed by atoms with Crippen molar-refractivity contribution in [3.05, 3.63) is 47.5 Å². The summed E-state index contributed by atoms with van der Waals surface area (Å²) in [5.74, 6) is -0.0417. The second-order valence-corrected chi connectivity index (χ2v) is 8.66. The number of phenolic OH excluding ortho intramolecular Hbond substituents is 2. The van der Waals surface area contributed by atoms with E-state index >= 15 is 0 Å². The Kier molecular flexibility index (Phi) is 8.17. The first-order valence-corrected chi connectivity index (χ1v) is 11.7. The van der Waals surface area contributed by atoms with Crippen molar-refractivity contribution in [1.82, 2.24) is 0 Å². The first-order valence-electron chi connectivity index (χ1n) is 11.7. The van der Waals surface area contributed by atoms with Crippen molar-refractivity contribution < 1.29 is 48.2 Å². The Labute approximate surface area is 208 Å². The third-order valence-corrected chi connectivity index (χ3v) is 6.25. The third kappa shape index (κ3) is 6.00. The number of benzene rings is 2. The van der Waals surface area contributed by atoms with Crippen molar-refractivity contribution in [1.29, 1.82) is 0 Å². The van der Waals surface area contributed by atoms with Crippen molar-refractivity contribution in [3.8, 4) is 23.0 Å². The molecule has 2 saturated heterocycles. The number of hydrogen-bond donors (Lipinski definition) is 2. The maximum atomic E-state index is 12.4. The molecular weight excluding hydrogens is 472 g/mol. The van der Waals surface area contributed by atoms with Crippen molar-refractivity contribution in [2.24, 2.45) is 0 Å². The molecule has 194 valence electrons. The van der Waals surface area contributed by atoms with Gasteiger partial charge in [-0.15, -0.1) is 0 Å². The molecule has 36 heavy (non-hydrogen) atoms. The maximum absolute atomic E-state index is 12.4. The monoisotopic (exact) mass is 502 g/mol. The van der Waals surface area contributed by atoms with Gasteiger partial charge < -0.3 is 38.6 Å². The van der Waals surface area contributed by atoms with E-state index in [1.165, 1.54) is 26.4 Å². The molecule has 2 aliphatic heterocycles. The number of methoxy groups -OCH3 is 2. The van der Waals surface area contributed by atoms with E-state index in [1.807, 2.05) is 0 Å². The maximum Gasteiger partial charge on any atom is 0.306 e. The van der Waals surface area contributed by atoms with E-state index in [2.05, 4.69) is 0 Å². The quantitative estimate of drug-likeness (QED) is 0.467. The minimum atomic E-state index is -0.579. The highest BCUT2D eigenvalue weighted by Crippen LogP contribution is 2.32. The fourth-order valence-electron chi connectivity index (χ4n) is 4.33. The summed E-state index contributed by atoms with van der Waals surface area (Å²) < 4.78 is 32.8. The van der Waals surface area contributed by atoms with Crippen LogP contribution in [0, 0.1) is 0 Å². The van der Waals surface area contributed by atoms with Gasteiger partial charge in [0.25, 0.3) is 0 Å². The highest BCUT2D eigenvalue weighted by atomic mass is 16.7. The lowest BCUT2D eigenvalue weighted by Crippen LogP contribution is -2.36. The van der Waals surface area contributed by atoms with Gasteiger partial charge in [0.15, 0.2) is 35.2 Å². The summed E-state index contributed by atoms with van der Waals surface area (Å²) in [4.78, 5) is 24.8. The summed E-state index contributed by atoms with van der Waals surface area (Å²) in [5, 5.41) is 19.4. The van der Waals surface area contributed by atoms with E-state index in [4.69, 9.17) is 28.4 Å². The third-order valence-electron chi connectivity index (χ3n) is 6.25. The first-order chi connectivity index (χ1) is 17.4. The van der Waals surface area contributed by atoms with E-state index in [9.17, 15) is 19.8 Å². The SMILES string of the molecule is COc1cc(CCC(=O)OC2COC3C(OC(=O)CCc4ccc(O)c(OC)c4)COC23)ccc1O. The summed E-state index contributed by atoms with van der Waals surface area (Å²) in [6.45, 7) is 0.324. The van der Waals surface area contributed by atoms with Crippen LogP contribution in [0.5, 0.6) is 23.0 Å². The van der Waals surface area contributed by atoms with Crippen molar-refractivity contribution >= 4 is 11.9 Å². The molecule has 4 unspecified atom stereocenters. The number of ether oxygens (including phenoxy) is 6. The van der Waals surface area contributed by atoms with Crippen LogP contribution in [0.2, 0.25) is 0 Å². The summed E-state index contributed by atoms with van der Waals surface area (Å²) in [6, 6.07) is 9.83. The van der Waals surface area contributed by atoms with Gasteiger partial charge in [-0.2, -0.15) is 0 Å². The van der Waals surface area contributed by atoms with Gasteiger partial charge >= 0.3 is 11.9 Å². The molecule has 10 nitrogen and oxygen atoms in total. The topological polar surface area (TPSA) is 130 Å². The molecule has 2 N–H and O–H groups in total. The smallest absolute Gasteiger partial charge is 0.306 e. The Morgan fingerprint density at radius 3 is 1.58 bits per heavy atom. The molecule has 2 aromatic rings. The minimum absolute atomic E-state index is 0.0344. The lowest BCUT2D eigenvalue weighted by molar-refractivity contribution is -0.155. The summed E-state index contributed by atoms with van der Waals surface area (Å²) in [6.07, 6.45) is -1.03. The van der Waals surface area contributed by atoms with Crippen molar-refractivity contribution in [2.45, 2.75) is 50.1 Å². The molecule has 2 fully saturated rings. The summed E-state index contributed by atoms with van der Waals surface area (Å²) >= 11 is 0. The molecule has 0 aliphatic carbocycles. The number of carbonyl (C=O) groups excluding carboxylic acids is 2. The number of phenols is 2. The lowest BCUT2D eigenvalue weighted by Gasteiger charge is -2.17. The van der Waals surface area contributed by atoms with Gasteiger partial charge in [0, 0.05) is 12.8 Å². The molecule has 4 atom stereocenters. The Hall–Kier alpha value is -3.50. The lowest BCUT2D eigenvalue weighted by atomic mass is 10.1. The standard InChI is InChI=1S/C26H30O10/c1-31-19-11-15(3-7-17(19)27)5-9-23(29)35-21-13-33-26-22(14-34-25(21)26)36-24(30)10-6-16-4-8-18(28)20(12-16)32-2/h3-4,7-8,11-12,21-22,25-28H,5-6,9-10,13-14H2,1-2H3. The zero-order valence-electron chi connectivity index (χ0n) is 20.2. The Balaban J connectivity index is 1.22. The highest BCUT2D eigenvalue weighted by Gasteiger charge is 2.51. The van der Waals surface area contributed by atoms with Crippen LogP contribution in [0.4, 0.5) is 0 Å². The van der Waals surface area contributed by atoms with Gasteiger partial charge in [-0.05, 0) is 48.2 Å². The average Bonchev–Trinajstić information content (AvgIpc) is 3.46. The summed E-state index contributed by atoms with van der Waals surface area (Å²) in [5.41, 5.74) is 1.66. The van der Waals surface area contributed by atoms with Gasteiger partial charge in [0.2, 0.25) is 0 Å². The van der Waals surface area contributed by atoms with Gasteiger partial charge in [-0.25, -0.2) is 0 Å². The number of esters is 2. The highest BCUT2D eigenvalue weighted by molar-refractivity contribution is 5.70. The van der Waals surface area contributed by atoms with Crippen LogP contribution in [0.1, 0.15) is 24.0 Å². The molecule has 0 bridgehead atoms. The fraction of sp³-hybridized carbons (Fsp3) is 0.462. The Morgan fingerprint density at radius 2 is 1.19 bits per heavy atom. The molecule has 0 amide bonds. The molecular formula is C26H30O10. The van der Waals surface area contributed by atoms with Crippen LogP contribution < -0.4 is 9.47 Å². The Bertz CT molecular complexity index is 999. The second-order valence-electron chi connectivity index (χ2n) is 8.66. The van der Waals surface area contributed by atoms with Crippen molar-refractivity contribution in [2.75, 3.05) is 27.4 Å². The number of fused-ring (bicyclic) bond motifs is 1. The van der Waals surface area contributed by atoms with Gasteiger partial charge in [-0.1, -0.05) is 12.1 Å². The zero-order chi connectivity index (χ0) is 25.7. The normalized spacial score (nSPS) is 22.6. The number of hydrogen-bond acceptors (Lipinski definition) is 10. The van der Waals surface area contributed by atoms with Gasteiger partial charge in [-0.3, -0.25) is 9.59 Å². The van der Waals surface area contributed by atoms with Crippen LogP contribution in [0.3, 0.4) is 0 Å². The molecule has 2 aromatic carbocycles. The second kappa shape index (κ2) is 11.5. The average molecular weight is 503 g/mol. The number of aryl methyl sites for hydroxylation is 2. The summed E-state index contributed by atoms with van der Waals surface area (Å²) in [7, 11) is 2.92. The zero-order valence-corrected chi connectivity index (χ0v) is 20.2.